The molecule has 0 aromatic rings. The van der Waals surface area contributed by atoms with Gasteiger partial charge < -0.3 is 10.2 Å². The first-order chi connectivity index (χ1) is 10.1. The number of hydrogen-bond donors (Lipinski definition) is 1. The van der Waals surface area contributed by atoms with Crippen molar-refractivity contribution in [1.82, 2.24) is 10.2 Å². The molecule has 0 heterocycles. The normalized spacial score (nSPS) is 14.5. The Morgan fingerprint density at radius 2 is 2.10 bits per heavy atom. The Morgan fingerprint density at radius 3 is 2.71 bits per heavy atom. The number of nitrogens with one attached hydrogen (secondary N) is 1. The fourth-order valence-electron chi connectivity index (χ4n) is 2.57. The molecule has 0 aromatic heterocycles. The molecule has 1 N–H and O–H groups in total. The zero-order valence-corrected chi connectivity index (χ0v) is 13.6. The topological polar surface area (TPSA) is 49.4 Å². The van der Waals surface area contributed by atoms with Crippen LogP contribution in [0, 0.1) is 0 Å². The van der Waals surface area contributed by atoms with E-state index in [1.54, 1.807) is 11.8 Å². The first-order valence-corrected chi connectivity index (χ1v) is 8.33. The van der Waals surface area contributed by atoms with Gasteiger partial charge in [-0.3, -0.25) is 9.59 Å². The molecule has 0 aromatic carbocycles. The Hall–Kier alpha value is -1.32. The second kappa shape index (κ2) is 10.4. The minimum absolute atomic E-state index is 0.0478. The zero-order valence-electron chi connectivity index (χ0n) is 13.6. The highest BCUT2D eigenvalue weighted by atomic mass is 16.2. The second-order valence-electron chi connectivity index (χ2n) is 5.82. The summed E-state index contributed by atoms with van der Waals surface area (Å²) in [5, 5.41) is 2.90. The third kappa shape index (κ3) is 7.88. The van der Waals surface area contributed by atoms with Crippen LogP contribution in [0.15, 0.2) is 11.6 Å². The van der Waals surface area contributed by atoms with Crippen molar-refractivity contribution < 1.29 is 9.59 Å². The van der Waals surface area contributed by atoms with Crippen LogP contribution in [0.3, 0.4) is 0 Å². The van der Waals surface area contributed by atoms with Gasteiger partial charge in [-0.2, -0.15) is 0 Å². The van der Waals surface area contributed by atoms with Crippen molar-refractivity contribution in [2.75, 3.05) is 19.6 Å². The van der Waals surface area contributed by atoms with Gasteiger partial charge in [-0.25, -0.2) is 0 Å². The van der Waals surface area contributed by atoms with Crippen LogP contribution in [0.4, 0.5) is 0 Å². The fraction of sp³-hybridized carbons (Fsp3) is 0.765. The Bertz CT molecular complexity index is 364. The average molecular weight is 294 g/mol. The molecule has 4 nitrogen and oxygen atoms in total. The molecule has 0 spiro atoms. The maximum Gasteiger partial charge on any atom is 0.221 e. The molecule has 1 rings (SSSR count). The molecule has 0 atom stereocenters. The van der Waals surface area contributed by atoms with Crippen molar-refractivity contribution in [1.29, 1.82) is 0 Å². The molecule has 1 aliphatic carbocycles. The van der Waals surface area contributed by atoms with E-state index in [1.807, 2.05) is 0 Å². The van der Waals surface area contributed by atoms with Gasteiger partial charge in [0.1, 0.15) is 0 Å². The number of nitrogens with zero attached hydrogens (tertiary/aromatic N) is 1. The van der Waals surface area contributed by atoms with E-state index in [2.05, 4.69) is 18.3 Å². The van der Waals surface area contributed by atoms with Gasteiger partial charge in [0.05, 0.1) is 0 Å². The van der Waals surface area contributed by atoms with Crippen LogP contribution in [0.1, 0.15) is 65.2 Å². The molecule has 0 unspecified atom stereocenters. The lowest BCUT2D eigenvalue weighted by Gasteiger charge is -2.22. The lowest BCUT2D eigenvalue weighted by Crippen LogP contribution is -2.35. The van der Waals surface area contributed by atoms with Crippen LogP contribution in [0.25, 0.3) is 0 Å². The van der Waals surface area contributed by atoms with Crippen LogP contribution >= 0.6 is 0 Å². The van der Waals surface area contributed by atoms with Crippen LogP contribution in [0.2, 0.25) is 0 Å². The summed E-state index contributed by atoms with van der Waals surface area (Å²) in [7, 11) is 0. The predicted molar refractivity (Wildman–Crippen MR) is 86.0 cm³/mol. The van der Waals surface area contributed by atoms with E-state index in [0.29, 0.717) is 13.0 Å². The third-order valence-corrected chi connectivity index (χ3v) is 3.99. The summed E-state index contributed by atoms with van der Waals surface area (Å²) in [6, 6.07) is 0. The quantitative estimate of drug-likeness (QED) is 0.525. The van der Waals surface area contributed by atoms with E-state index in [9.17, 15) is 9.59 Å². The maximum atomic E-state index is 11.7. The smallest absolute Gasteiger partial charge is 0.221 e. The Balaban J connectivity index is 2.27. The van der Waals surface area contributed by atoms with Crippen LogP contribution in [-0.2, 0) is 9.59 Å². The van der Waals surface area contributed by atoms with Crippen LogP contribution < -0.4 is 5.32 Å². The van der Waals surface area contributed by atoms with E-state index in [0.717, 1.165) is 32.4 Å². The van der Waals surface area contributed by atoms with Gasteiger partial charge in [0.15, 0.2) is 0 Å². The van der Waals surface area contributed by atoms with Gasteiger partial charge in [0.2, 0.25) is 11.8 Å². The minimum Gasteiger partial charge on any atom is -0.356 e. The molecule has 0 fully saturated rings. The molecule has 2 amide bonds. The lowest BCUT2D eigenvalue weighted by molar-refractivity contribution is -0.129. The standard InChI is InChI=1S/C17H30N2O2/c1-3-4-12-18-17(21)11-14-19(15(2)20)13-10-16-8-6-5-7-9-16/h8H,3-7,9-14H2,1-2H3,(H,18,21). The molecule has 4 heteroatoms. The molecular weight excluding hydrogens is 264 g/mol. The van der Waals surface area contributed by atoms with Crippen molar-refractivity contribution in [2.45, 2.75) is 65.2 Å². The Kier molecular flexibility index (Phi) is 8.79. The Morgan fingerprint density at radius 1 is 1.29 bits per heavy atom. The van der Waals surface area contributed by atoms with Crippen LogP contribution in [0.5, 0.6) is 0 Å². The molecule has 1 aliphatic rings. The number of amides is 2. The molecule has 0 aliphatic heterocycles. The predicted octanol–water partition coefficient (Wildman–Crippen LogP) is 3.03. The molecular formula is C17H30N2O2. The van der Waals surface area contributed by atoms with Crippen molar-refractivity contribution in [2.24, 2.45) is 0 Å². The van der Waals surface area contributed by atoms with E-state index in [1.165, 1.54) is 31.3 Å². The molecule has 0 bridgehead atoms. The van der Waals surface area contributed by atoms with Crippen molar-refractivity contribution >= 4 is 11.8 Å². The van der Waals surface area contributed by atoms with Gasteiger partial charge in [-0.15, -0.1) is 0 Å². The number of allylic oxidation sites excluding steroid dienone is 1. The summed E-state index contributed by atoms with van der Waals surface area (Å²) in [6.07, 6.45) is 10.7. The van der Waals surface area contributed by atoms with Crippen LogP contribution in [-0.4, -0.2) is 36.3 Å². The van der Waals surface area contributed by atoms with Gasteiger partial charge in [0, 0.05) is 33.0 Å². The zero-order chi connectivity index (χ0) is 15.5. The minimum atomic E-state index is 0.0478. The van der Waals surface area contributed by atoms with E-state index >= 15 is 0 Å². The highest BCUT2D eigenvalue weighted by molar-refractivity contribution is 5.77. The monoisotopic (exact) mass is 294 g/mol. The largest absolute Gasteiger partial charge is 0.356 e. The van der Waals surface area contributed by atoms with Gasteiger partial charge in [-0.1, -0.05) is 25.0 Å². The van der Waals surface area contributed by atoms with E-state index in [4.69, 9.17) is 0 Å². The SMILES string of the molecule is CCCCNC(=O)CCN(CCC1=CCCCC1)C(C)=O. The molecule has 0 saturated carbocycles. The first kappa shape index (κ1) is 17.7. The van der Waals surface area contributed by atoms with Gasteiger partial charge in [0.25, 0.3) is 0 Å². The van der Waals surface area contributed by atoms with Crippen molar-refractivity contribution in [3.05, 3.63) is 11.6 Å². The molecule has 120 valence electrons. The summed E-state index contributed by atoms with van der Waals surface area (Å²) in [5.74, 6) is 0.111. The fourth-order valence-corrected chi connectivity index (χ4v) is 2.57. The summed E-state index contributed by atoms with van der Waals surface area (Å²) in [6.45, 7) is 5.69. The number of carbonyl (C=O) groups is 2. The maximum absolute atomic E-state index is 11.7. The summed E-state index contributed by atoms with van der Waals surface area (Å²) in [4.78, 5) is 25.2. The van der Waals surface area contributed by atoms with E-state index < -0.39 is 0 Å². The summed E-state index contributed by atoms with van der Waals surface area (Å²) in [5.41, 5.74) is 1.47. The molecule has 21 heavy (non-hydrogen) atoms. The first-order valence-electron chi connectivity index (χ1n) is 8.33. The summed E-state index contributed by atoms with van der Waals surface area (Å²) < 4.78 is 0. The summed E-state index contributed by atoms with van der Waals surface area (Å²) >= 11 is 0. The lowest BCUT2D eigenvalue weighted by atomic mass is 9.97. The highest BCUT2D eigenvalue weighted by Crippen LogP contribution is 2.20. The third-order valence-electron chi connectivity index (χ3n) is 3.99. The number of rotatable bonds is 9. The van der Waals surface area contributed by atoms with Gasteiger partial charge >= 0.3 is 0 Å². The molecule has 0 saturated heterocycles. The van der Waals surface area contributed by atoms with E-state index in [-0.39, 0.29) is 11.8 Å². The molecule has 0 radical (unpaired) electrons. The Labute approximate surface area is 129 Å². The van der Waals surface area contributed by atoms with Crippen molar-refractivity contribution in [3.8, 4) is 0 Å². The van der Waals surface area contributed by atoms with Gasteiger partial charge in [-0.05, 0) is 38.5 Å². The highest BCUT2D eigenvalue weighted by Gasteiger charge is 2.12. The average Bonchev–Trinajstić information content (AvgIpc) is 2.48. The number of carbonyl (C=O) groups excluding carboxylic acids is 2. The number of unbranched alkanes of at least 4 members (excludes halogenated alkanes) is 1. The number of hydrogen-bond acceptors (Lipinski definition) is 2. The second-order valence-corrected chi connectivity index (χ2v) is 5.82. The van der Waals surface area contributed by atoms with Crippen molar-refractivity contribution in [3.63, 3.8) is 0 Å².